The van der Waals surface area contributed by atoms with Gasteiger partial charge in [0.25, 0.3) is 0 Å². The Morgan fingerprint density at radius 1 is 1.22 bits per heavy atom. The lowest BCUT2D eigenvalue weighted by molar-refractivity contribution is -0.144. The number of nitrogens with one attached hydrogen (secondary N) is 1. The van der Waals surface area contributed by atoms with Gasteiger partial charge in [0.15, 0.2) is 11.5 Å². The number of imidazole rings is 1. The average Bonchev–Trinajstić information content (AvgIpc) is 3.54. The Kier molecular flexibility index (Phi) is 5.82. The fourth-order valence-electron chi connectivity index (χ4n) is 4.30. The Morgan fingerprint density at radius 2 is 2.03 bits per heavy atom. The van der Waals surface area contributed by atoms with Crippen molar-refractivity contribution in [2.45, 2.75) is 19.5 Å². The van der Waals surface area contributed by atoms with E-state index in [2.05, 4.69) is 25.5 Å². The standard InChI is InChI=1S/C22H21F4N9O/c1-12-4-15(23)16(32-21(36)13-2-3-33(8-13)10-22(24,25)26)5-17(12)34-9-14(6-30-34)18-7-28-20-19(27)29-11-31-35(18)20/h4-7,9,11,13H,2-3,8,10H2,1H3,(H,32,36)(H2,27,29,31). The largest absolute Gasteiger partial charge is 0.401 e. The summed E-state index contributed by atoms with van der Waals surface area (Å²) >= 11 is 0. The molecule has 0 radical (unpaired) electrons. The zero-order valence-corrected chi connectivity index (χ0v) is 19.0. The van der Waals surface area contributed by atoms with Crippen molar-refractivity contribution in [2.24, 2.45) is 5.92 Å². The molecule has 1 saturated heterocycles. The van der Waals surface area contributed by atoms with Crippen molar-refractivity contribution in [1.29, 1.82) is 0 Å². The second-order valence-electron chi connectivity index (χ2n) is 8.64. The minimum atomic E-state index is -4.34. The molecule has 5 rings (SSSR count). The fourth-order valence-corrected chi connectivity index (χ4v) is 4.30. The highest BCUT2D eigenvalue weighted by Crippen LogP contribution is 2.28. The minimum Gasteiger partial charge on any atom is -0.381 e. The van der Waals surface area contributed by atoms with E-state index in [-0.39, 0.29) is 31.0 Å². The SMILES string of the molecule is Cc1cc(F)c(NC(=O)C2CCN(CC(F)(F)F)C2)cc1-n1cc(-c2cnc3c(N)ncnn23)cn1. The molecule has 36 heavy (non-hydrogen) atoms. The molecule has 1 aliphatic heterocycles. The molecule has 1 unspecified atom stereocenters. The molecule has 10 nitrogen and oxygen atoms in total. The van der Waals surface area contributed by atoms with Crippen LogP contribution in [0.1, 0.15) is 12.0 Å². The predicted molar refractivity (Wildman–Crippen MR) is 122 cm³/mol. The van der Waals surface area contributed by atoms with E-state index in [1.165, 1.54) is 32.6 Å². The predicted octanol–water partition coefficient (Wildman–Crippen LogP) is 2.83. The summed E-state index contributed by atoms with van der Waals surface area (Å²) in [4.78, 5) is 22.0. The van der Waals surface area contributed by atoms with Gasteiger partial charge in [0.05, 0.1) is 41.9 Å². The maximum atomic E-state index is 14.7. The first-order chi connectivity index (χ1) is 17.1. The van der Waals surface area contributed by atoms with E-state index in [9.17, 15) is 22.4 Å². The highest BCUT2D eigenvalue weighted by molar-refractivity contribution is 5.93. The number of likely N-dealkylation sites (tertiary alicyclic amines) is 1. The van der Waals surface area contributed by atoms with Crippen molar-refractivity contribution >= 4 is 23.1 Å². The van der Waals surface area contributed by atoms with Gasteiger partial charge in [-0.1, -0.05) is 0 Å². The van der Waals surface area contributed by atoms with Gasteiger partial charge in [0.2, 0.25) is 5.91 Å². The van der Waals surface area contributed by atoms with Crippen LogP contribution in [-0.4, -0.2) is 66.0 Å². The van der Waals surface area contributed by atoms with Gasteiger partial charge in [-0.05, 0) is 37.6 Å². The number of aryl methyl sites for hydroxylation is 1. The lowest BCUT2D eigenvalue weighted by atomic mass is 10.1. The lowest BCUT2D eigenvalue weighted by Gasteiger charge is -2.18. The molecule has 3 N–H and O–H groups in total. The number of nitrogens with two attached hydrogens (primary N) is 1. The number of carbonyl (C=O) groups excluding carboxylic acids is 1. The Labute approximate surface area is 201 Å². The molecule has 3 aromatic heterocycles. The summed E-state index contributed by atoms with van der Waals surface area (Å²) in [5.41, 5.74) is 8.48. The summed E-state index contributed by atoms with van der Waals surface area (Å²) in [6.45, 7) is 0.725. The van der Waals surface area contributed by atoms with E-state index in [0.29, 0.717) is 28.2 Å². The number of alkyl halides is 3. The Balaban J connectivity index is 1.37. The van der Waals surface area contributed by atoms with E-state index in [1.807, 2.05) is 0 Å². The van der Waals surface area contributed by atoms with Crippen LogP contribution in [0.3, 0.4) is 0 Å². The van der Waals surface area contributed by atoms with Gasteiger partial charge >= 0.3 is 6.18 Å². The Hall–Kier alpha value is -4.07. The van der Waals surface area contributed by atoms with E-state index in [0.717, 1.165) is 0 Å². The van der Waals surface area contributed by atoms with Gasteiger partial charge in [0, 0.05) is 18.3 Å². The first kappa shape index (κ1) is 23.7. The maximum absolute atomic E-state index is 14.7. The highest BCUT2D eigenvalue weighted by atomic mass is 19.4. The molecule has 1 amide bonds. The molecular formula is C22H21F4N9O. The number of hydrogen-bond donors (Lipinski definition) is 2. The molecule has 1 aliphatic rings. The molecule has 188 valence electrons. The molecule has 1 atom stereocenters. The molecule has 1 aromatic carbocycles. The van der Waals surface area contributed by atoms with Crippen molar-refractivity contribution in [1.82, 2.24) is 34.3 Å². The van der Waals surface area contributed by atoms with E-state index in [4.69, 9.17) is 5.73 Å². The summed E-state index contributed by atoms with van der Waals surface area (Å²) < 4.78 is 55.7. The third kappa shape index (κ3) is 4.58. The lowest BCUT2D eigenvalue weighted by Crippen LogP contribution is -2.34. The highest BCUT2D eigenvalue weighted by Gasteiger charge is 2.36. The number of carbonyl (C=O) groups is 1. The third-order valence-corrected chi connectivity index (χ3v) is 6.05. The number of nitrogen functional groups attached to an aromatic ring is 1. The van der Waals surface area contributed by atoms with E-state index < -0.39 is 30.4 Å². The molecule has 0 spiro atoms. The molecule has 4 heterocycles. The summed E-state index contributed by atoms with van der Waals surface area (Å²) in [6, 6.07) is 2.70. The van der Waals surface area contributed by atoms with Crippen LogP contribution in [0.5, 0.6) is 0 Å². The monoisotopic (exact) mass is 503 g/mol. The first-order valence-corrected chi connectivity index (χ1v) is 11.0. The second-order valence-corrected chi connectivity index (χ2v) is 8.64. The number of benzene rings is 1. The summed E-state index contributed by atoms with van der Waals surface area (Å²) in [5, 5.41) is 11.0. The average molecular weight is 503 g/mol. The van der Waals surface area contributed by atoms with Gasteiger partial charge < -0.3 is 11.1 Å². The van der Waals surface area contributed by atoms with Gasteiger partial charge in [-0.25, -0.2) is 23.6 Å². The van der Waals surface area contributed by atoms with Crippen LogP contribution in [0, 0.1) is 18.7 Å². The molecule has 0 aliphatic carbocycles. The molecule has 14 heteroatoms. The first-order valence-electron chi connectivity index (χ1n) is 11.0. The van der Waals surface area contributed by atoms with Crippen LogP contribution in [0.4, 0.5) is 29.1 Å². The number of halogens is 4. The van der Waals surface area contributed by atoms with Crippen LogP contribution in [-0.2, 0) is 4.79 Å². The fraction of sp³-hybridized carbons (Fsp3) is 0.318. The van der Waals surface area contributed by atoms with Crippen molar-refractivity contribution < 1.29 is 22.4 Å². The van der Waals surface area contributed by atoms with Crippen LogP contribution in [0.15, 0.2) is 37.1 Å². The van der Waals surface area contributed by atoms with Gasteiger partial charge in [-0.15, -0.1) is 0 Å². The normalized spacial score (nSPS) is 16.6. The second kappa shape index (κ2) is 8.86. The zero-order valence-electron chi connectivity index (χ0n) is 19.0. The summed E-state index contributed by atoms with van der Waals surface area (Å²) in [7, 11) is 0. The maximum Gasteiger partial charge on any atom is 0.401 e. The number of amides is 1. The molecular weight excluding hydrogens is 482 g/mol. The minimum absolute atomic E-state index is 0.0401. The van der Waals surface area contributed by atoms with Crippen molar-refractivity contribution in [3.63, 3.8) is 0 Å². The third-order valence-electron chi connectivity index (χ3n) is 6.05. The van der Waals surface area contributed by atoms with Crippen LogP contribution in [0.25, 0.3) is 22.6 Å². The van der Waals surface area contributed by atoms with E-state index >= 15 is 0 Å². The van der Waals surface area contributed by atoms with Crippen LogP contribution in [0.2, 0.25) is 0 Å². The van der Waals surface area contributed by atoms with Crippen molar-refractivity contribution in [3.8, 4) is 16.9 Å². The molecule has 4 aromatic rings. The number of fused-ring (bicyclic) bond motifs is 1. The zero-order chi connectivity index (χ0) is 25.6. The molecule has 1 fully saturated rings. The number of rotatable bonds is 5. The smallest absolute Gasteiger partial charge is 0.381 e. The number of anilines is 2. The summed E-state index contributed by atoms with van der Waals surface area (Å²) in [5.74, 6) is -1.63. The van der Waals surface area contributed by atoms with Gasteiger partial charge in [-0.3, -0.25) is 9.69 Å². The topological polar surface area (TPSA) is 119 Å². The summed E-state index contributed by atoms with van der Waals surface area (Å²) in [6.07, 6.45) is 2.08. The van der Waals surface area contributed by atoms with Crippen molar-refractivity contribution in [3.05, 3.63) is 48.4 Å². The number of hydrogen-bond acceptors (Lipinski definition) is 7. The van der Waals surface area contributed by atoms with Gasteiger partial charge in [-0.2, -0.15) is 23.4 Å². The molecule has 0 saturated carbocycles. The van der Waals surface area contributed by atoms with E-state index in [1.54, 1.807) is 25.5 Å². The van der Waals surface area contributed by atoms with Gasteiger partial charge in [0.1, 0.15) is 12.1 Å². The molecule has 0 bridgehead atoms. The Bertz CT molecular complexity index is 1450. The number of aromatic nitrogens is 6. The number of nitrogens with zero attached hydrogens (tertiary/aromatic N) is 7. The van der Waals surface area contributed by atoms with Crippen LogP contribution >= 0.6 is 0 Å². The van der Waals surface area contributed by atoms with Crippen molar-refractivity contribution in [2.75, 3.05) is 30.7 Å². The van der Waals surface area contributed by atoms with Crippen LogP contribution < -0.4 is 11.1 Å². The Morgan fingerprint density at radius 3 is 2.81 bits per heavy atom. The quantitative estimate of drug-likeness (QED) is 0.402.